The summed E-state index contributed by atoms with van der Waals surface area (Å²) in [5.41, 5.74) is 0.314. The van der Waals surface area contributed by atoms with Gasteiger partial charge in [0, 0.05) is 17.6 Å². The van der Waals surface area contributed by atoms with Gasteiger partial charge in [-0.25, -0.2) is 0 Å². The molecule has 0 aliphatic heterocycles. The smallest absolute Gasteiger partial charge is 0.252 e. The number of hydrogen-bond acceptors (Lipinski definition) is 2. The molecule has 18 heavy (non-hydrogen) atoms. The van der Waals surface area contributed by atoms with E-state index in [4.69, 9.17) is 16.7 Å². The lowest BCUT2D eigenvalue weighted by Crippen LogP contribution is -2.34. The lowest BCUT2D eigenvalue weighted by molar-refractivity contribution is 0.0928. The van der Waals surface area contributed by atoms with Crippen LogP contribution in [0, 0.1) is 5.41 Å². The average molecular weight is 335 g/mol. The molecular formula is C13H17BrClNO2. The van der Waals surface area contributed by atoms with Gasteiger partial charge >= 0.3 is 0 Å². The van der Waals surface area contributed by atoms with E-state index in [1.807, 2.05) is 13.8 Å². The summed E-state index contributed by atoms with van der Waals surface area (Å²) < 4.78 is 0.812. The quantitative estimate of drug-likeness (QED) is 0.868. The summed E-state index contributed by atoms with van der Waals surface area (Å²) in [5, 5.41) is 12.2. The van der Waals surface area contributed by atoms with Crippen molar-refractivity contribution in [2.24, 2.45) is 5.41 Å². The number of hydrogen-bond donors (Lipinski definition) is 2. The van der Waals surface area contributed by atoms with Gasteiger partial charge in [0.15, 0.2) is 0 Å². The number of nitrogens with one attached hydrogen (secondary N) is 1. The van der Waals surface area contributed by atoms with Crippen molar-refractivity contribution >= 4 is 33.4 Å². The Labute approximate surface area is 121 Å². The first-order valence-electron chi connectivity index (χ1n) is 5.70. The molecule has 1 rings (SSSR count). The predicted molar refractivity (Wildman–Crippen MR) is 77.0 cm³/mol. The second-order valence-electron chi connectivity index (χ2n) is 4.94. The van der Waals surface area contributed by atoms with Gasteiger partial charge in [-0.15, -0.1) is 0 Å². The van der Waals surface area contributed by atoms with Gasteiger partial charge in [-0.1, -0.05) is 41.4 Å². The molecule has 0 saturated heterocycles. The molecular weight excluding hydrogens is 318 g/mol. The molecule has 0 spiro atoms. The normalized spacial score (nSPS) is 11.4. The van der Waals surface area contributed by atoms with Crippen molar-refractivity contribution in [1.82, 2.24) is 5.32 Å². The molecule has 0 aromatic heterocycles. The summed E-state index contributed by atoms with van der Waals surface area (Å²) in [6.45, 7) is 4.59. The second kappa shape index (κ2) is 6.55. The van der Waals surface area contributed by atoms with Gasteiger partial charge in [-0.05, 0) is 30.0 Å². The van der Waals surface area contributed by atoms with E-state index < -0.39 is 0 Å². The Morgan fingerprint density at radius 1 is 1.50 bits per heavy atom. The minimum absolute atomic E-state index is 0.112. The van der Waals surface area contributed by atoms with Crippen molar-refractivity contribution in [3.05, 3.63) is 33.3 Å². The molecule has 0 bridgehead atoms. The zero-order chi connectivity index (χ0) is 13.8. The lowest BCUT2D eigenvalue weighted by Gasteiger charge is -2.23. The minimum Gasteiger partial charge on any atom is -0.396 e. The third-order valence-electron chi connectivity index (χ3n) is 2.69. The van der Waals surface area contributed by atoms with Gasteiger partial charge in [0.1, 0.15) is 0 Å². The molecule has 100 valence electrons. The Kier molecular flexibility index (Phi) is 5.63. The minimum atomic E-state index is -0.202. The van der Waals surface area contributed by atoms with Crippen LogP contribution in [0.25, 0.3) is 0 Å². The number of aliphatic hydroxyl groups is 1. The van der Waals surface area contributed by atoms with Crippen molar-refractivity contribution < 1.29 is 9.90 Å². The van der Waals surface area contributed by atoms with Crippen LogP contribution < -0.4 is 5.32 Å². The summed E-state index contributed by atoms with van der Waals surface area (Å²) in [7, 11) is 0. The molecule has 0 aliphatic carbocycles. The van der Waals surface area contributed by atoms with Crippen LogP contribution in [0.2, 0.25) is 5.02 Å². The molecule has 0 heterocycles. The van der Waals surface area contributed by atoms with Crippen LogP contribution in [-0.4, -0.2) is 24.2 Å². The summed E-state index contributed by atoms with van der Waals surface area (Å²) >= 11 is 9.29. The third kappa shape index (κ3) is 4.59. The summed E-state index contributed by atoms with van der Waals surface area (Å²) in [5.74, 6) is -0.202. The standard InChI is InChI=1S/C13H17BrClNO2/c1-13(2,5-6-17)8-16-12(18)10-7-9(14)3-4-11(10)15/h3-4,7,17H,5-6,8H2,1-2H3,(H,16,18). The van der Waals surface area contributed by atoms with Gasteiger partial charge in [0.2, 0.25) is 0 Å². The number of benzene rings is 1. The Bertz CT molecular complexity index is 435. The van der Waals surface area contributed by atoms with E-state index in [0.29, 0.717) is 23.6 Å². The zero-order valence-corrected chi connectivity index (χ0v) is 12.8. The van der Waals surface area contributed by atoms with Crippen molar-refractivity contribution in [2.75, 3.05) is 13.2 Å². The van der Waals surface area contributed by atoms with Gasteiger partial charge in [0.05, 0.1) is 10.6 Å². The molecule has 1 aromatic carbocycles. The van der Waals surface area contributed by atoms with E-state index in [1.165, 1.54) is 0 Å². The van der Waals surface area contributed by atoms with Crippen LogP contribution in [-0.2, 0) is 0 Å². The van der Waals surface area contributed by atoms with E-state index in [1.54, 1.807) is 18.2 Å². The van der Waals surface area contributed by atoms with E-state index in [2.05, 4.69) is 21.2 Å². The van der Waals surface area contributed by atoms with Crippen LogP contribution >= 0.6 is 27.5 Å². The molecule has 1 aromatic rings. The van der Waals surface area contributed by atoms with E-state index in [-0.39, 0.29) is 17.9 Å². The van der Waals surface area contributed by atoms with Crippen LogP contribution in [0.3, 0.4) is 0 Å². The highest BCUT2D eigenvalue weighted by Gasteiger charge is 2.19. The first-order valence-corrected chi connectivity index (χ1v) is 6.87. The van der Waals surface area contributed by atoms with E-state index >= 15 is 0 Å². The first-order chi connectivity index (χ1) is 8.35. The molecule has 0 atom stereocenters. The summed E-state index contributed by atoms with van der Waals surface area (Å²) in [4.78, 5) is 12.0. The molecule has 2 N–H and O–H groups in total. The fourth-order valence-electron chi connectivity index (χ4n) is 1.48. The Balaban J connectivity index is 2.69. The van der Waals surface area contributed by atoms with Crippen molar-refractivity contribution in [3.63, 3.8) is 0 Å². The largest absolute Gasteiger partial charge is 0.396 e. The number of rotatable bonds is 5. The fraction of sp³-hybridized carbons (Fsp3) is 0.462. The van der Waals surface area contributed by atoms with Gasteiger partial charge in [0.25, 0.3) is 5.91 Å². The van der Waals surface area contributed by atoms with Crippen LogP contribution in [0.1, 0.15) is 30.6 Å². The maximum Gasteiger partial charge on any atom is 0.252 e. The average Bonchev–Trinajstić information content (AvgIpc) is 2.29. The number of amides is 1. The van der Waals surface area contributed by atoms with E-state index in [0.717, 1.165) is 4.47 Å². The highest BCUT2D eigenvalue weighted by atomic mass is 79.9. The first kappa shape index (κ1) is 15.5. The fourth-order valence-corrected chi connectivity index (χ4v) is 2.04. The topological polar surface area (TPSA) is 49.3 Å². The Morgan fingerprint density at radius 3 is 2.78 bits per heavy atom. The molecule has 3 nitrogen and oxygen atoms in total. The molecule has 0 saturated carbocycles. The zero-order valence-electron chi connectivity index (χ0n) is 10.5. The molecule has 0 unspecified atom stereocenters. The molecule has 5 heteroatoms. The van der Waals surface area contributed by atoms with Gasteiger partial charge in [-0.2, -0.15) is 0 Å². The van der Waals surface area contributed by atoms with Gasteiger partial charge < -0.3 is 10.4 Å². The molecule has 0 radical (unpaired) electrons. The molecule has 0 aliphatic rings. The highest BCUT2D eigenvalue weighted by molar-refractivity contribution is 9.10. The Morgan fingerprint density at radius 2 is 2.17 bits per heavy atom. The second-order valence-corrected chi connectivity index (χ2v) is 6.27. The Hall–Kier alpha value is -0.580. The van der Waals surface area contributed by atoms with Crippen LogP contribution in [0.4, 0.5) is 0 Å². The van der Waals surface area contributed by atoms with Crippen molar-refractivity contribution in [2.45, 2.75) is 20.3 Å². The SMILES string of the molecule is CC(C)(CCO)CNC(=O)c1cc(Br)ccc1Cl. The molecule has 1 amide bonds. The summed E-state index contributed by atoms with van der Waals surface area (Å²) in [6.07, 6.45) is 0.638. The lowest BCUT2D eigenvalue weighted by atomic mass is 9.89. The predicted octanol–water partition coefficient (Wildman–Crippen LogP) is 3.24. The maximum absolute atomic E-state index is 12.0. The number of aliphatic hydroxyl groups excluding tert-OH is 1. The monoisotopic (exact) mass is 333 g/mol. The van der Waals surface area contributed by atoms with Gasteiger partial charge in [-0.3, -0.25) is 4.79 Å². The van der Waals surface area contributed by atoms with Crippen LogP contribution in [0.5, 0.6) is 0 Å². The number of halogens is 2. The number of carbonyl (C=O) groups excluding carboxylic acids is 1. The third-order valence-corrected chi connectivity index (χ3v) is 3.51. The van der Waals surface area contributed by atoms with E-state index in [9.17, 15) is 4.79 Å². The van der Waals surface area contributed by atoms with Crippen LogP contribution in [0.15, 0.2) is 22.7 Å². The molecule has 0 fully saturated rings. The van der Waals surface area contributed by atoms with Crippen molar-refractivity contribution in [1.29, 1.82) is 0 Å². The summed E-state index contributed by atoms with van der Waals surface area (Å²) in [6, 6.07) is 5.16. The maximum atomic E-state index is 12.0. The van der Waals surface area contributed by atoms with Crippen molar-refractivity contribution in [3.8, 4) is 0 Å². The highest BCUT2D eigenvalue weighted by Crippen LogP contribution is 2.22. The number of carbonyl (C=O) groups is 1.